The SMILES string of the molecule is [C-]#[N+]c1ccc(NC(=O)C2CC(Oc3cccc(C(=N)N)c3)CN2)cc1. The van der Waals surface area contributed by atoms with Crippen LogP contribution in [0.15, 0.2) is 48.5 Å². The van der Waals surface area contributed by atoms with Gasteiger partial charge in [0.2, 0.25) is 5.91 Å². The normalized spacial score (nSPS) is 18.7. The van der Waals surface area contributed by atoms with Gasteiger partial charge >= 0.3 is 0 Å². The van der Waals surface area contributed by atoms with E-state index in [1.807, 2.05) is 0 Å². The Kier molecular flexibility index (Phi) is 5.15. The van der Waals surface area contributed by atoms with Crippen LogP contribution in [0.3, 0.4) is 0 Å². The second-order valence-electron chi connectivity index (χ2n) is 6.03. The molecule has 2 atom stereocenters. The highest BCUT2D eigenvalue weighted by Crippen LogP contribution is 2.20. The van der Waals surface area contributed by atoms with E-state index in [0.29, 0.717) is 35.7 Å². The van der Waals surface area contributed by atoms with E-state index in [9.17, 15) is 4.79 Å². The van der Waals surface area contributed by atoms with Crippen molar-refractivity contribution in [1.82, 2.24) is 5.32 Å². The van der Waals surface area contributed by atoms with Gasteiger partial charge in [-0.15, -0.1) is 0 Å². The van der Waals surface area contributed by atoms with Gasteiger partial charge in [-0.2, -0.15) is 0 Å². The summed E-state index contributed by atoms with van der Waals surface area (Å²) in [5.41, 5.74) is 7.28. The number of nitrogen functional groups attached to an aromatic ring is 1. The van der Waals surface area contributed by atoms with Crippen LogP contribution < -0.4 is 21.1 Å². The van der Waals surface area contributed by atoms with Crippen molar-refractivity contribution in [2.45, 2.75) is 18.6 Å². The predicted molar refractivity (Wildman–Crippen MR) is 99.6 cm³/mol. The largest absolute Gasteiger partial charge is 0.489 e. The first-order valence-electron chi connectivity index (χ1n) is 8.18. The molecule has 26 heavy (non-hydrogen) atoms. The summed E-state index contributed by atoms with van der Waals surface area (Å²) in [6.07, 6.45) is 0.397. The molecular formula is C19H19N5O2. The summed E-state index contributed by atoms with van der Waals surface area (Å²) in [5, 5.41) is 13.5. The molecule has 0 bridgehead atoms. The number of hydrogen-bond donors (Lipinski definition) is 4. The van der Waals surface area contributed by atoms with Gasteiger partial charge in [-0.3, -0.25) is 10.2 Å². The van der Waals surface area contributed by atoms with Gasteiger partial charge in [0.05, 0.1) is 12.6 Å². The Hall–Kier alpha value is -3.37. The Bertz CT molecular complexity index is 857. The molecule has 1 heterocycles. The fraction of sp³-hybridized carbons (Fsp3) is 0.211. The highest BCUT2D eigenvalue weighted by molar-refractivity contribution is 5.95. The molecule has 3 rings (SSSR count). The van der Waals surface area contributed by atoms with Crippen molar-refractivity contribution >= 4 is 23.1 Å². The van der Waals surface area contributed by atoms with E-state index in [1.165, 1.54) is 0 Å². The number of carbonyl (C=O) groups is 1. The van der Waals surface area contributed by atoms with Crippen molar-refractivity contribution in [3.63, 3.8) is 0 Å². The molecule has 0 aromatic heterocycles. The van der Waals surface area contributed by atoms with Crippen LogP contribution in [0.5, 0.6) is 5.75 Å². The Labute approximate surface area is 151 Å². The van der Waals surface area contributed by atoms with Gasteiger partial charge in [0, 0.05) is 24.2 Å². The van der Waals surface area contributed by atoms with Gasteiger partial charge in [0.15, 0.2) is 5.69 Å². The highest BCUT2D eigenvalue weighted by Gasteiger charge is 2.30. The number of carbonyl (C=O) groups excluding carboxylic acids is 1. The number of amidine groups is 1. The maximum absolute atomic E-state index is 12.4. The predicted octanol–water partition coefficient (Wildman–Crippen LogP) is 2.27. The van der Waals surface area contributed by atoms with Crippen LogP contribution in [0, 0.1) is 12.0 Å². The molecule has 132 valence electrons. The minimum Gasteiger partial charge on any atom is -0.489 e. The summed E-state index contributed by atoms with van der Waals surface area (Å²) in [7, 11) is 0. The third-order valence-corrected chi connectivity index (χ3v) is 4.12. The average Bonchev–Trinajstić information content (AvgIpc) is 3.11. The standard InChI is InChI=1S/C19H19N5O2/c1-22-13-5-7-14(8-6-13)24-19(25)17-10-16(11-23-17)26-15-4-2-3-12(9-15)18(20)21/h2-9,16-17,23H,10-11H2,(H3,20,21)(H,24,25). The van der Waals surface area contributed by atoms with Gasteiger partial charge in [-0.25, -0.2) is 4.85 Å². The van der Waals surface area contributed by atoms with Crippen LogP contribution in [0.1, 0.15) is 12.0 Å². The summed E-state index contributed by atoms with van der Waals surface area (Å²) in [6.45, 7) is 7.49. The summed E-state index contributed by atoms with van der Waals surface area (Å²) in [5.74, 6) is 0.478. The van der Waals surface area contributed by atoms with Crippen molar-refractivity contribution in [1.29, 1.82) is 5.41 Å². The zero-order valence-electron chi connectivity index (χ0n) is 14.0. The van der Waals surface area contributed by atoms with E-state index in [2.05, 4.69) is 15.5 Å². The Balaban J connectivity index is 1.56. The molecule has 1 saturated heterocycles. The minimum atomic E-state index is -0.350. The molecule has 0 aliphatic carbocycles. The van der Waals surface area contributed by atoms with Gasteiger partial charge in [0.1, 0.15) is 17.7 Å². The molecule has 5 N–H and O–H groups in total. The molecule has 0 spiro atoms. The molecule has 1 aliphatic rings. The monoisotopic (exact) mass is 349 g/mol. The maximum atomic E-state index is 12.4. The number of benzene rings is 2. The third-order valence-electron chi connectivity index (χ3n) is 4.12. The fourth-order valence-corrected chi connectivity index (χ4v) is 2.77. The molecule has 2 unspecified atom stereocenters. The number of nitrogens with two attached hydrogens (primary N) is 1. The number of hydrogen-bond acceptors (Lipinski definition) is 4. The Morgan fingerprint density at radius 3 is 2.77 bits per heavy atom. The van der Waals surface area contributed by atoms with Crippen molar-refractivity contribution < 1.29 is 9.53 Å². The molecule has 2 aromatic carbocycles. The van der Waals surface area contributed by atoms with E-state index < -0.39 is 0 Å². The lowest BCUT2D eigenvalue weighted by atomic mass is 10.1. The van der Waals surface area contributed by atoms with Crippen molar-refractivity contribution in [3.8, 4) is 5.75 Å². The zero-order chi connectivity index (χ0) is 18.5. The molecule has 1 fully saturated rings. The number of nitrogens with zero attached hydrogens (tertiary/aromatic N) is 1. The number of amides is 1. The van der Waals surface area contributed by atoms with Gasteiger partial charge < -0.3 is 21.1 Å². The minimum absolute atomic E-state index is 0.0125. The lowest BCUT2D eigenvalue weighted by Gasteiger charge is -2.14. The molecule has 0 radical (unpaired) electrons. The molecule has 7 nitrogen and oxygen atoms in total. The number of nitrogens with one attached hydrogen (secondary N) is 3. The van der Waals surface area contributed by atoms with Crippen molar-refractivity contribution in [2.75, 3.05) is 11.9 Å². The number of rotatable bonds is 5. The van der Waals surface area contributed by atoms with E-state index in [1.54, 1.807) is 48.5 Å². The van der Waals surface area contributed by atoms with Gasteiger partial charge in [-0.1, -0.05) is 24.3 Å². The first kappa shape index (κ1) is 17.5. The number of ether oxygens (including phenoxy) is 1. The fourth-order valence-electron chi connectivity index (χ4n) is 2.77. The molecule has 1 aliphatic heterocycles. The summed E-state index contributed by atoms with van der Waals surface area (Å²) < 4.78 is 5.90. The van der Waals surface area contributed by atoms with Crippen LogP contribution in [-0.2, 0) is 4.79 Å². The number of anilines is 1. The lowest BCUT2D eigenvalue weighted by molar-refractivity contribution is -0.117. The summed E-state index contributed by atoms with van der Waals surface area (Å²) in [4.78, 5) is 15.7. The molecule has 0 saturated carbocycles. The van der Waals surface area contributed by atoms with Crippen LogP contribution >= 0.6 is 0 Å². The van der Waals surface area contributed by atoms with Crippen molar-refractivity contribution in [2.24, 2.45) is 5.73 Å². The lowest BCUT2D eigenvalue weighted by Crippen LogP contribution is -2.35. The smallest absolute Gasteiger partial charge is 0.241 e. The van der Waals surface area contributed by atoms with E-state index >= 15 is 0 Å². The molecule has 2 aromatic rings. The summed E-state index contributed by atoms with van der Waals surface area (Å²) >= 11 is 0. The quantitative estimate of drug-likeness (QED) is 0.377. The highest BCUT2D eigenvalue weighted by atomic mass is 16.5. The second kappa shape index (κ2) is 7.68. The Morgan fingerprint density at radius 2 is 2.08 bits per heavy atom. The Morgan fingerprint density at radius 1 is 1.31 bits per heavy atom. The zero-order valence-corrected chi connectivity index (χ0v) is 14.0. The van der Waals surface area contributed by atoms with E-state index in [4.69, 9.17) is 22.5 Å². The topological polar surface area (TPSA) is 105 Å². The van der Waals surface area contributed by atoms with E-state index in [0.717, 1.165) is 0 Å². The third kappa shape index (κ3) is 4.18. The first-order chi connectivity index (χ1) is 12.5. The first-order valence-corrected chi connectivity index (χ1v) is 8.18. The average molecular weight is 349 g/mol. The summed E-state index contributed by atoms with van der Waals surface area (Å²) in [6, 6.07) is 13.5. The van der Waals surface area contributed by atoms with Crippen LogP contribution in [0.4, 0.5) is 11.4 Å². The molecular weight excluding hydrogens is 330 g/mol. The molecule has 7 heteroatoms. The van der Waals surface area contributed by atoms with Crippen LogP contribution in [-0.4, -0.2) is 30.4 Å². The van der Waals surface area contributed by atoms with Crippen molar-refractivity contribution in [3.05, 3.63) is 65.5 Å². The van der Waals surface area contributed by atoms with Crippen LogP contribution in [0.25, 0.3) is 4.85 Å². The maximum Gasteiger partial charge on any atom is 0.241 e. The van der Waals surface area contributed by atoms with Gasteiger partial charge in [-0.05, 0) is 24.3 Å². The second-order valence-corrected chi connectivity index (χ2v) is 6.03. The van der Waals surface area contributed by atoms with Gasteiger partial charge in [0.25, 0.3) is 0 Å². The van der Waals surface area contributed by atoms with Crippen LogP contribution in [0.2, 0.25) is 0 Å². The molecule has 1 amide bonds. The van der Waals surface area contributed by atoms with E-state index in [-0.39, 0.29) is 23.9 Å².